The van der Waals surface area contributed by atoms with Crippen molar-refractivity contribution in [1.29, 1.82) is 0 Å². The van der Waals surface area contributed by atoms with E-state index in [0.717, 1.165) is 11.3 Å². The molecule has 0 aromatic heterocycles. The maximum atomic E-state index is 11.7. The van der Waals surface area contributed by atoms with Gasteiger partial charge in [-0.25, -0.2) is 0 Å². The van der Waals surface area contributed by atoms with E-state index in [-0.39, 0.29) is 5.91 Å². The maximum absolute atomic E-state index is 11.7. The molecule has 0 unspecified atom stereocenters. The van der Waals surface area contributed by atoms with E-state index in [9.17, 15) is 4.79 Å². The van der Waals surface area contributed by atoms with Crippen LogP contribution in [-0.4, -0.2) is 12.5 Å². The van der Waals surface area contributed by atoms with Gasteiger partial charge in [-0.3, -0.25) is 4.79 Å². The highest BCUT2D eigenvalue weighted by Gasteiger charge is 2.02. The fourth-order valence-electron chi connectivity index (χ4n) is 1.80. The molecule has 0 fully saturated rings. The molecule has 2 aromatic rings. The van der Waals surface area contributed by atoms with Crippen LogP contribution in [0, 0.1) is 0 Å². The first-order valence-electron chi connectivity index (χ1n) is 6.55. The second kappa shape index (κ2) is 7.56. The van der Waals surface area contributed by atoms with Crippen molar-refractivity contribution in [3.63, 3.8) is 0 Å². The second-order valence-electron chi connectivity index (χ2n) is 4.42. The molecule has 0 heterocycles. The van der Waals surface area contributed by atoms with Gasteiger partial charge in [0.1, 0.15) is 0 Å². The number of rotatable bonds is 6. The first-order chi connectivity index (χ1) is 9.75. The predicted molar refractivity (Wildman–Crippen MR) is 82.8 cm³/mol. The Morgan fingerprint density at radius 2 is 1.70 bits per heavy atom. The van der Waals surface area contributed by atoms with Crippen LogP contribution in [0.2, 0.25) is 5.02 Å². The molecule has 0 aliphatic rings. The lowest BCUT2D eigenvalue weighted by molar-refractivity contribution is -0.121. The zero-order valence-corrected chi connectivity index (χ0v) is 11.9. The highest BCUT2D eigenvalue weighted by atomic mass is 35.5. The van der Waals surface area contributed by atoms with Crippen molar-refractivity contribution in [2.24, 2.45) is 0 Å². The molecule has 0 saturated heterocycles. The molecule has 0 saturated carbocycles. The molecule has 0 atom stereocenters. The average Bonchev–Trinajstić information content (AvgIpc) is 2.48. The first kappa shape index (κ1) is 14.4. The number of hydrogen-bond donors (Lipinski definition) is 2. The van der Waals surface area contributed by atoms with Crippen molar-refractivity contribution in [2.75, 3.05) is 11.9 Å². The fraction of sp³-hybridized carbons (Fsp3) is 0.188. The van der Waals surface area contributed by atoms with E-state index in [0.29, 0.717) is 24.5 Å². The molecule has 4 heteroatoms. The number of hydrogen-bond acceptors (Lipinski definition) is 2. The molecule has 0 radical (unpaired) electrons. The van der Waals surface area contributed by atoms with Gasteiger partial charge >= 0.3 is 0 Å². The highest BCUT2D eigenvalue weighted by Crippen LogP contribution is 2.19. The van der Waals surface area contributed by atoms with E-state index in [1.54, 1.807) is 0 Å². The summed E-state index contributed by atoms with van der Waals surface area (Å²) in [6, 6.07) is 17.3. The van der Waals surface area contributed by atoms with Crippen molar-refractivity contribution >= 4 is 23.2 Å². The number of anilines is 1. The summed E-state index contributed by atoms with van der Waals surface area (Å²) in [5.74, 6) is 0.0217. The van der Waals surface area contributed by atoms with Gasteiger partial charge in [-0.1, -0.05) is 54.1 Å². The van der Waals surface area contributed by atoms with Crippen LogP contribution >= 0.6 is 11.6 Å². The largest absolute Gasteiger partial charge is 0.383 e. The van der Waals surface area contributed by atoms with Gasteiger partial charge in [0.25, 0.3) is 0 Å². The third-order valence-electron chi connectivity index (χ3n) is 2.87. The van der Waals surface area contributed by atoms with Crippen LogP contribution in [-0.2, 0) is 11.3 Å². The third-order valence-corrected chi connectivity index (χ3v) is 3.20. The van der Waals surface area contributed by atoms with Crippen molar-refractivity contribution in [3.05, 3.63) is 65.2 Å². The Labute approximate surface area is 124 Å². The summed E-state index contributed by atoms with van der Waals surface area (Å²) in [4.78, 5) is 11.7. The Kier molecular flexibility index (Phi) is 5.44. The summed E-state index contributed by atoms with van der Waals surface area (Å²) in [5, 5.41) is 6.70. The third kappa shape index (κ3) is 4.59. The van der Waals surface area contributed by atoms with Crippen LogP contribution in [0.1, 0.15) is 12.0 Å². The van der Waals surface area contributed by atoms with E-state index in [1.807, 2.05) is 54.6 Å². The van der Waals surface area contributed by atoms with Crippen LogP contribution in [0.25, 0.3) is 0 Å². The average molecular weight is 289 g/mol. The van der Waals surface area contributed by atoms with Crippen molar-refractivity contribution < 1.29 is 4.79 Å². The van der Waals surface area contributed by atoms with Crippen molar-refractivity contribution in [2.45, 2.75) is 13.0 Å². The molecule has 1 amide bonds. The SMILES string of the molecule is O=C(CCNc1ccccc1Cl)NCc1ccccc1. The molecule has 0 aliphatic heterocycles. The topological polar surface area (TPSA) is 41.1 Å². The normalized spacial score (nSPS) is 10.1. The van der Waals surface area contributed by atoms with E-state index < -0.39 is 0 Å². The number of benzene rings is 2. The standard InChI is InChI=1S/C16H17ClN2O/c17-14-8-4-5-9-15(14)18-11-10-16(20)19-12-13-6-2-1-3-7-13/h1-9,18H,10-12H2,(H,19,20). The molecule has 0 spiro atoms. The van der Waals surface area contributed by atoms with E-state index in [4.69, 9.17) is 11.6 Å². The van der Waals surface area contributed by atoms with Crippen LogP contribution < -0.4 is 10.6 Å². The van der Waals surface area contributed by atoms with Crippen LogP contribution in [0.15, 0.2) is 54.6 Å². The summed E-state index contributed by atoms with van der Waals surface area (Å²) in [6.45, 7) is 1.12. The van der Waals surface area contributed by atoms with Gasteiger partial charge in [0.2, 0.25) is 5.91 Å². The van der Waals surface area contributed by atoms with E-state index in [2.05, 4.69) is 10.6 Å². The zero-order valence-electron chi connectivity index (χ0n) is 11.1. The van der Waals surface area contributed by atoms with Crippen molar-refractivity contribution in [1.82, 2.24) is 5.32 Å². The Balaban J connectivity index is 1.69. The van der Waals surface area contributed by atoms with Gasteiger partial charge in [-0.05, 0) is 17.7 Å². The lowest BCUT2D eigenvalue weighted by atomic mass is 10.2. The highest BCUT2D eigenvalue weighted by molar-refractivity contribution is 6.33. The van der Waals surface area contributed by atoms with Gasteiger partial charge in [0.05, 0.1) is 10.7 Å². The number of nitrogens with one attached hydrogen (secondary N) is 2. The molecule has 20 heavy (non-hydrogen) atoms. The van der Waals surface area contributed by atoms with E-state index in [1.165, 1.54) is 0 Å². The lowest BCUT2D eigenvalue weighted by Gasteiger charge is -2.08. The lowest BCUT2D eigenvalue weighted by Crippen LogP contribution is -2.24. The molecular formula is C16H17ClN2O. The van der Waals surface area contributed by atoms with Crippen molar-refractivity contribution in [3.8, 4) is 0 Å². The van der Waals surface area contributed by atoms with Gasteiger partial charge in [-0.2, -0.15) is 0 Å². The molecule has 2 N–H and O–H groups in total. The van der Waals surface area contributed by atoms with Crippen LogP contribution in [0.4, 0.5) is 5.69 Å². The summed E-state index contributed by atoms with van der Waals surface area (Å²) in [5.41, 5.74) is 1.95. The first-order valence-corrected chi connectivity index (χ1v) is 6.92. The number of para-hydroxylation sites is 1. The Bertz CT molecular complexity index is 557. The molecule has 0 bridgehead atoms. The number of amides is 1. The Hall–Kier alpha value is -2.00. The van der Waals surface area contributed by atoms with E-state index >= 15 is 0 Å². The predicted octanol–water partition coefficient (Wildman–Crippen LogP) is 3.46. The molecular weight excluding hydrogens is 272 g/mol. The number of carbonyl (C=O) groups is 1. The summed E-state index contributed by atoms with van der Waals surface area (Å²) in [7, 11) is 0. The Morgan fingerprint density at radius 1 is 1.00 bits per heavy atom. The minimum absolute atomic E-state index is 0.0217. The fourth-order valence-corrected chi connectivity index (χ4v) is 2.00. The maximum Gasteiger partial charge on any atom is 0.222 e. The quantitative estimate of drug-likeness (QED) is 0.855. The van der Waals surface area contributed by atoms with Crippen LogP contribution in [0.5, 0.6) is 0 Å². The number of halogens is 1. The summed E-state index contributed by atoms with van der Waals surface area (Å²) < 4.78 is 0. The van der Waals surface area contributed by atoms with Gasteiger partial charge < -0.3 is 10.6 Å². The molecule has 104 valence electrons. The molecule has 0 aliphatic carbocycles. The van der Waals surface area contributed by atoms with Gasteiger partial charge in [0.15, 0.2) is 0 Å². The second-order valence-corrected chi connectivity index (χ2v) is 4.83. The minimum atomic E-state index is 0.0217. The zero-order chi connectivity index (χ0) is 14.2. The van der Waals surface area contributed by atoms with Crippen LogP contribution in [0.3, 0.4) is 0 Å². The minimum Gasteiger partial charge on any atom is -0.383 e. The van der Waals surface area contributed by atoms with Gasteiger partial charge in [0, 0.05) is 19.5 Å². The smallest absolute Gasteiger partial charge is 0.222 e. The molecule has 3 nitrogen and oxygen atoms in total. The molecule has 2 rings (SSSR count). The monoisotopic (exact) mass is 288 g/mol. The van der Waals surface area contributed by atoms with Gasteiger partial charge in [-0.15, -0.1) is 0 Å². The Morgan fingerprint density at radius 3 is 2.45 bits per heavy atom. The summed E-state index contributed by atoms with van der Waals surface area (Å²) >= 11 is 6.02. The number of carbonyl (C=O) groups excluding carboxylic acids is 1. The summed E-state index contributed by atoms with van der Waals surface area (Å²) in [6.07, 6.45) is 0.415. The molecule has 2 aromatic carbocycles.